The highest BCUT2D eigenvalue weighted by molar-refractivity contribution is 5.67. The Morgan fingerprint density at radius 3 is 2.57 bits per heavy atom. The summed E-state index contributed by atoms with van der Waals surface area (Å²) in [4.78, 5) is 14.0. The van der Waals surface area contributed by atoms with Crippen LogP contribution in [0.3, 0.4) is 0 Å². The van der Waals surface area contributed by atoms with Crippen LogP contribution in [0, 0.1) is 5.92 Å². The normalized spacial score (nSPS) is 25.4. The Kier molecular flexibility index (Phi) is 7.81. The van der Waals surface area contributed by atoms with Gasteiger partial charge in [0.05, 0.1) is 0 Å². The number of hydrogen-bond donors (Lipinski definition) is 2. The molecular weight excluding hydrogens is 290 g/mol. The van der Waals surface area contributed by atoms with E-state index in [2.05, 4.69) is 36.6 Å². The highest BCUT2D eigenvalue weighted by Crippen LogP contribution is 2.35. The number of carbonyl (C=O) groups excluding carboxylic acids is 1. The van der Waals surface area contributed by atoms with Gasteiger partial charge in [-0.05, 0) is 66.6 Å². The third-order valence-corrected chi connectivity index (χ3v) is 4.67. The van der Waals surface area contributed by atoms with Gasteiger partial charge in [0.2, 0.25) is 0 Å². The molecule has 0 saturated heterocycles. The lowest BCUT2D eigenvalue weighted by Crippen LogP contribution is -2.54. The van der Waals surface area contributed by atoms with Crippen molar-refractivity contribution in [2.24, 2.45) is 5.92 Å². The average Bonchev–Trinajstić information content (AvgIpc) is 2.40. The molecule has 0 radical (unpaired) electrons. The Hall–Kier alpha value is -0.810. The Morgan fingerprint density at radius 2 is 2.00 bits per heavy atom. The maximum absolute atomic E-state index is 11.6. The predicted octanol–water partition coefficient (Wildman–Crippen LogP) is 3.00. The zero-order chi connectivity index (χ0) is 17.5. The van der Waals surface area contributed by atoms with Crippen LogP contribution in [-0.2, 0) is 4.74 Å². The molecule has 23 heavy (non-hydrogen) atoms. The second kappa shape index (κ2) is 8.88. The third kappa shape index (κ3) is 7.53. The van der Waals surface area contributed by atoms with E-state index in [0.29, 0.717) is 6.54 Å². The molecule has 2 N–H and O–H groups in total. The SMILES string of the molecule is CC1CCCC(CNCCCNC(=O)OC(C)(C)C)(N(C)C)C1. The van der Waals surface area contributed by atoms with Crippen LogP contribution in [0.4, 0.5) is 4.79 Å². The van der Waals surface area contributed by atoms with Gasteiger partial charge in [-0.1, -0.05) is 19.8 Å². The molecule has 1 rings (SSSR count). The van der Waals surface area contributed by atoms with Crippen molar-refractivity contribution in [3.05, 3.63) is 0 Å². The monoisotopic (exact) mass is 327 g/mol. The van der Waals surface area contributed by atoms with Crippen LogP contribution in [0.25, 0.3) is 0 Å². The molecule has 1 aliphatic carbocycles. The summed E-state index contributed by atoms with van der Waals surface area (Å²) >= 11 is 0. The summed E-state index contributed by atoms with van der Waals surface area (Å²) in [6, 6.07) is 0. The lowest BCUT2D eigenvalue weighted by Gasteiger charge is -2.45. The summed E-state index contributed by atoms with van der Waals surface area (Å²) < 4.78 is 5.22. The lowest BCUT2D eigenvalue weighted by molar-refractivity contribution is 0.0526. The average molecular weight is 328 g/mol. The van der Waals surface area contributed by atoms with Crippen molar-refractivity contribution in [2.75, 3.05) is 33.7 Å². The fourth-order valence-corrected chi connectivity index (χ4v) is 3.40. The minimum Gasteiger partial charge on any atom is -0.444 e. The minimum absolute atomic E-state index is 0.288. The summed E-state index contributed by atoms with van der Waals surface area (Å²) in [6.07, 6.45) is 5.80. The van der Waals surface area contributed by atoms with Gasteiger partial charge in [-0.3, -0.25) is 0 Å². The number of nitrogens with zero attached hydrogens (tertiary/aromatic N) is 1. The van der Waals surface area contributed by atoms with Gasteiger partial charge < -0.3 is 20.3 Å². The fourth-order valence-electron chi connectivity index (χ4n) is 3.40. The van der Waals surface area contributed by atoms with Crippen molar-refractivity contribution in [1.82, 2.24) is 15.5 Å². The molecule has 2 unspecified atom stereocenters. The molecular formula is C18H37N3O2. The molecule has 0 aliphatic heterocycles. The van der Waals surface area contributed by atoms with Crippen LogP contribution in [-0.4, -0.2) is 55.9 Å². The van der Waals surface area contributed by atoms with Crippen molar-refractivity contribution in [1.29, 1.82) is 0 Å². The predicted molar refractivity (Wildman–Crippen MR) is 95.8 cm³/mol. The first-order chi connectivity index (χ1) is 10.6. The molecule has 1 fully saturated rings. The van der Waals surface area contributed by atoms with E-state index in [1.54, 1.807) is 0 Å². The van der Waals surface area contributed by atoms with Crippen LogP contribution in [0.15, 0.2) is 0 Å². The second-order valence-electron chi connectivity index (χ2n) is 8.28. The maximum atomic E-state index is 11.6. The van der Waals surface area contributed by atoms with Gasteiger partial charge >= 0.3 is 6.09 Å². The Morgan fingerprint density at radius 1 is 1.30 bits per heavy atom. The van der Waals surface area contributed by atoms with Gasteiger partial charge in [0.25, 0.3) is 0 Å². The molecule has 0 bridgehead atoms. The molecule has 1 saturated carbocycles. The Balaban J connectivity index is 2.21. The van der Waals surface area contributed by atoms with Crippen molar-refractivity contribution >= 4 is 6.09 Å². The lowest BCUT2D eigenvalue weighted by atomic mass is 9.75. The number of nitrogens with one attached hydrogen (secondary N) is 2. The summed E-state index contributed by atoms with van der Waals surface area (Å²) in [6.45, 7) is 10.6. The standard InChI is InChI=1S/C18H37N3O2/c1-15-9-7-10-18(13-15,21(5)6)14-19-11-8-12-20-16(22)23-17(2,3)4/h15,19H,7-14H2,1-6H3,(H,20,22). The molecule has 1 amide bonds. The van der Waals surface area contributed by atoms with Crippen LogP contribution < -0.4 is 10.6 Å². The zero-order valence-electron chi connectivity index (χ0n) is 16.0. The number of carbonyl (C=O) groups is 1. The molecule has 5 nitrogen and oxygen atoms in total. The van der Waals surface area contributed by atoms with E-state index in [1.807, 2.05) is 20.8 Å². The summed E-state index contributed by atoms with van der Waals surface area (Å²) in [5, 5.41) is 6.39. The van der Waals surface area contributed by atoms with Gasteiger partial charge in [-0.2, -0.15) is 0 Å². The highest BCUT2D eigenvalue weighted by atomic mass is 16.6. The minimum atomic E-state index is -0.432. The van der Waals surface area contributed by atoms with Gasteiger partial charge in [0, 0.05) is 18.6 Å². The van der Waals surface area contributed by atoms with Gasteiger partial charge in [0.1, 0.15) is 5.60 Å². The maximum Gasteiger partial charge on any atom is 0.407 e. The summed E-state index contributed by atoms with van der Waals surface area (Å²) in [5.41, 5.74) is -0.144. The third-order valence-electron chi connectivity index (χ3n) is 4.67. The van der Waals surface area contributed by atoms with E-state index in [0.717, 1.165) is 25.4 Å². The van der Waals surface area contributed by atoms with E-state index in [-0.39, 0.29) is 11.6 Å². The number of rotatable bonds is 7. The van der Waals surface area contributed by atoms with Gasteiger partial charge in [-0.25, -0.2) is 4.79 Å². The van der Waals surface area contributed by atoms with E-state index < -0.39 is 5.60 Å². The molecule has 1 aliphatic rings. The first-order valence-electron chi connectivity index (χ1n) is 9.00. The number of ether oxygens (including phenoxy) is 1. The number of alkyl carbamates (subject to hydrolysis) is 1. The van der Waals surface area contributed by atoms with E-state index in [9.17, 15) is 4.79 Å². The van der Waals surface area contributed by atoms with Crippen molar-refractivity contribution in [3.63, 3.8) is 0 Å². The smallest absolute Gasteiger partial charge is 0.407 e. The van der Waals surface area contributed by atoms with E-state index in [4.69, 9.17) is 4.74 Å². The Bertz CT molecular complexity index is 366. The first-order valence-corrected chi connectivity index (χ1v) is 9.00. The van der Waals surface area contributed by atoms with Crippen LogP contribution in [0.5, 0.6) is 0 Å². The second-order valence-corrected chi connectivity index (χ2v) is 8.28. The molecule has 0 aromatic carbocycles. The van der Waals surface area contributed by atoms with Crippen LogP contribution in [0.1, 0.15) is 59.8 Å². The quantitative estimate of drug-likeness (QED) is 0.706. The van der Waals surface area contributed by atoms with Crippen molar-refractivity contribution in [2.45, 2.75) is 70.9 Å². The van der Waals surface area contributed by atoms with Gasteiger partial charge in [0.15, 0.2) is 0 Å². The molecule has 2 atom stereocenters. The fraction of sp³-hybridized carbons (Fsp3) is 0.944. The van der Waals surface area contributed by atoms with E-state index >= 15 is 0 Å². The van der Waals surface area contributed by atoms with Crippen LogP contribution >= 0.6 is 0 Å². The molecule has 0 spiro atoms. The number of likely N-dealkylation sites (N-methyl/N-ethyl adjacent to an activating group) is 1. The number of amides is 1. The summed E-state index contributed by atoms with van der Waals surface area (Å²) in [7, 11) is 4.40. The van der Waals surface area contributed by atoms with Crippen molar-refractivity contribution in [3.8, 4) is 0 Å². The summed E-state index contributed by atoms with van der Waals surface area (Å²) in [5.74, 6) is 0.807. The molecule has 0 aromatic rings. The van der Waals surface area contributed by atoms with Crippen LogP contribution in [0.2, 0.25) is 0 Å². The molecule has 0 heterocycles. The van der Waals surface area contributed by atoms with Gasteiger partial charge in [-0.15, -0.1) is 0 Å². The Labute approximate surface area is 142 Å². The number of hydrogen-bond acceptors (Lipinski definition) is 4. The topological polar surface area (TPSA) is 53.6 Å². The first kappa shape index (κ1) is 20.2. The van der Waals surface area contributed by atoms with Crippen molar-refractivity contribution < 1.29 is 9.53 Å². The zero-order valence-corrected chi connectivity index (χ0v) is 16.0. The molecule has 5 heteroatoms. The molecule has 136 valence electrons. The largest absolute Gasteiger partial charge is 0.444 e. The van der Waals surface area contributed by atoms with E-state index in [1.165, 1.54) is 25.7 Å². The highest BCUT2D eigenvalue weighted by Gasteiger charge is 2.36. The molecule has 0 aromatic heterocycles.